The molecule has 2 aliphatic rings. The van der Waals surface area contributed by atoms with E-state index < -0.39 is 29.6 Å². The quantitative estimate of drug-likeness (QED) is 0.515. The Morgan fingerprint density at radius 2 is 2.06 bits per heavy atom. The van der Waals surface area contributed by atoms with Crippen LogP contribution in [0.5, 0.6) is 5.88 Å². The van der Waals surface area contributed by atoms with E-state index in [4.69, 9.17) is 14.2 Å². The lowest BCUT2D eigenvalue weighted by atomic mass is 9.97. The molecule has 1 saturated heterocycles. The predicted molar refractivity (Wildman–Crippen MR) is 122 cm³/mol. The smallest absolute Gasteiger partial charge is 0.414 e. The first-order valence-corrected chi connectivity index (χ1v) is 11.4. The molecule has 0 bridgehead atoms. The number of rotatable bonds is 9. The molecule has 1 unspecified atom stereocenters. The number of anilines is 1. The van der Waals surface area contributed by atoms with Crippen molar-refractivity contribution in [3.63, 3.8) is 0 Å². The third kappa shape index (κ3) is 6.18. The first-order chi connectivity index (χ1) is 17.1. The van der Waals surface area contributed by atoms with Gasteiger partial charge in [0.2, 0.25) is 5.91 Å². The molecule has 0 spiro atoms. The molecule has 36 heavy (non-hydrogen) atoms. The number of carbonyl (C=O) groups excluding carboxylic acids is 2. The van der Waals surface area contributed by atoms with Crippen LogP contribution in [0, 0.1) is 11.6 Å². The fraction of sp³-hybridized carbons (Fsp3) is 0.458. The number of cyclic esters (lactones) is 1. The molecule has 1 atom stereocenters. The van der Waals surface area contributed by atoms with Crippen LogP contribution in [0.15, 0.2) is 35.1 Å². The normalized spacial score (nSPS) is 18.3. The number of hydrogen-bond donors (Lipinski definition) is 1. The van der Waals surface area contributed by atoms with Gasteiger partial charge in [-0.3, -0.25) is 9.69 Å². The number of hydrogen-bond acceptors (Lipinski definition) is 8. The van der Waals surface area contributed by atoms with Crippen molar-refractivity contribution in [3.05, 3.63) is 47.7 Å². The molecule has 0 radical (unpaired) electrons. The maximum Gasteiger partial charge on any atom is 0.414 e. The molecule has 12 heteroatoms. The van der Waals surface area contributed by atoms with E-state index in [-0.39, 0.29) is 62.2 Å². The SMILES string of the molecule is CC(C)(O)OCCC(=O)N1CC=C(c2c(F)cc(N3CC(COc4ccon4)OC3=O)cc2F)CC1. The average molecular weight is 507 g/mol. The van der Waals surface area contributed by atoms with Gasteiger partial charge in [0.05, 0.1) is 25.3 Å². The van der Waals surface area contributed by atoms with Crippen molar-refractivity contribution in [2.75, 3.05) is 37.7 Å². The molecular formula is C24H27F2N3O7. The van der Waals surface area contributed by atoms with Crippen LogP contribution < -0.4 is 9.64 Å². The molecule has 10 nitrogen and oxygen atoms in total. The number of benzene rings is 1. The van der Waals surface area contributed by atoms with E-state index in [9.17, 15) is 14.7 Å². The van der Waals surface area contributed by atoms with Crippen LogP contribution in [0.4, 0.5) is 19.3 Å². The lowest BCUT2D eigenvalue weighted by molar-refractivity contribution is -0.178. The van der Waals surface area contributed by atoms with Gasteiger partial charge in [-0.05, 0) is 43.1 Å². The van der Waals surface area contributed by atoms with Gasteiger partial charge in [0, 0.05) is 24.7 Å². The molecule has 1 aromatic heterocycles. The third-order valence-electron chi connectivity index (χ3n) is 5.70. The first-order valence-electron chi connectivity index (χ1n) is 11.4. The van der Waals surface area contributed by atoms with Crippen molar-refractivity contribution in [2.24, 2.45) is 0 Å². The summed E-state index contributed by atoms with van der Waals surface area (Å²) in [5, 5.41) is 13.2. The Labute approximate surface area is 206 Å². The van der Waals surface area contributed by atoms with Gasteiger partial charge in [-0.1, -0.05) is 6.08 Å². The molecular weight excluding hydrogens is 480 g/mol. The Morgan fingerprint density at radius 3 is 2.67 bits per heavy atom. The van der Waals surface area contributed by atoms with E-state index in [0.29, 0.717) is 12.1 Å². The van der Waals surface area contributed by atoms with Gasteiger partial charge in [0.1, 0.15) is 24.5 Å². The number of amides is 2. The Kier molecular flexibility index (Phi) is 7.55. The van der Waals surface area contributed by atoms with Crippen LogP contribution >= 0.6 is 0 Å². The summed E-state index contributed by atoms with van der Waals surface area (Å²) in [6, 6.07) is 3.68. The van der Waals surface area contributed by atoms with Gasteiger partial charge in [-0.25, -0.2) is 13.6 Å². The van der Waals surface area contributed by atoms with Crippen molar-refractivity contribution in [1.29, 1.82) is 0 Å². The summed E-state index contributed by atoms with van der Waals surface area (Å²) in [6.45, 7) is 3.55. The highest BCUT2D eigenvalue weighted by molar-refractivity contribution is 5.90. The Balaban J connectivity index is 1.37. The number of aliphatic hydroxyl groups is 1. The molecule has 0 aliphatic carbocycles. The van der Waals surface area contributed by atoms with Crippen LogP contribution in [-0.2, 0) is 14.3 Å². The van der Waals surface area contributed by atoms with Crippen LogP contribution in [0.25, 0.3) is 5.57 Å². The van der Waals surface area contributed by atoms with Gasteiger partial charge >= 0.3 is 6.09 Å². The molecule has 1 aromatic carbocycles. The molecule has 1 fully saturated rings. The lowest BCUT2D eigenvalue weighted by Crippen LogP contribution is -2.36. The summed E-state index contributed by atoms with van der Waals surface area (Å²) in [5.41, 5.74) is 0.286. The van der Waals surface area contributed by atoms with E-state index in [1.807, 2.05) is 0 Å². The fourth-order valence-corrected chi connectivity index (χ4v) is 3.96. The van der Waals surface area contributed by atoms with Crippen molar-refractivity contribution in [1.82, 2.24) is 10.1 Å². The van der Waals surface area contributed by atoms with Crippen LogP contribution in [0.1, 0.15) is 32.3 Å². The van der Waals surface area contributed by atoms with Crippen molar-refractivity contribution in [2.45, 2.75) is 38.6 Å². The summed E-state index contributed by atoms with van der Waals surface area (Å²) >= 11 is 0. The number of nitrogens with zero attached hydrogens (tertiary/aromatic N) is 3. The summed E-state index contributed by atoms with van der Waals surface area (Å²) in [6.07, 6.45) is 1.90. The monoisotopic (exact) mass is 507 g/mol. The van der Waals surface area contributed by atoms with Crippen molar-refractivity contribution >= 4 is 23.3 Å². The summed E-state index contributed by atoms with van der Waals surface area (Å²) in [4.78, 5) is 27.3. The summed E-state index contributed by atoms with van der Waals surface area (Å²) in [7, 11) is 0. The van der Waals surface area contributed by atoms with E-state index in [0.717, 1.165) is 17.0 Å². The first kappa shape index (κ1) is 25.6. The predicted octanol–water partition coefficient (Wildman–Crippen LogP) is 3.11. The number of ether oxygens (including phenoxy) is 3. The third-order valence-corrected chi connectivity index (χ3v) is 5.70. The topological polar surface area (TPSA) is 115 Å². The van der Waals surface area contributed by atoms with Gasteiger partial charge in [-0.15, -0.1) is 0 Å². The second-order valence-electron chi connectivity index (χ2n) is 8.91. The number of carbonyl (C=O) groups is 2. The zero-order valence-electron chi connectivity index (χ0n) is 19.9. The largest absolute Gasteiger partial charge is 0.471 e. The van der Waals surface area contributed by atoms with Crippen LogP contribution in [-0.4, -0.2) is 71.9 Å². The van der Waals surface area contributed by atoms with E-state index in [2.05, 4.69) is 9.68 Å². The number of aromatic nitrogens is 1. The number of halogens is 2. The summed E-state index contributed by atoms with van der Waals surface area (Å²) < 4.78 is 50.4. The van der Waals surface area contributed by atoms with Crippen molar-refractivity contribution in [3.8, 4) is 5.88 Å². The molecule has 194 valence electrons. The minimum Gasteiger partial charge on any atom is -0.471 e. The minimum absolute atomic E-state index is 0.00378. The van der Waals surface area contributed by atoms with Crippen LogP contribution in [0.2, 0.25) is 0 Å². The zero-order chi connectivity index (χ0) is 25.9. The molecule has 2 amide bonds. The molecule has 3 heterocycles. The van der Waals surface area contributed by atoms with E-state index in [1.165, 1.54) is 26.2 Å². The van der Waals surface area contributed by atoms with Crippen molar-refractivity contribution < 1.29 is 42.2 Å². The van der Waals surface area contributed by atoms with Gasteiger partial charge < -0.3 is 28.7 Å². The highest BCUT2D eigenvalue weighted by Gasteiger charge is 2.34. The fourth-order valence-electron chi connectivity index (χ4n) is 3.96. The standard InChI is InChI=1S/C24H27F2N3O7/c1-24(2,32)34-9-6-21(30)28-7-3-15(4-8-28)22-18(25)11-16(12-19(22)26)29-13-17(36-23(29)31)14-33-20-5-10-35-27-20/h3,5,10-12,17,32H,4,6-9,13-14H2,1-2H3. The lowest BCUT2D eigenvalue weighted by Gasteiger charge is -2.28. The highest BCUT2D eigenvalue weighted by atomic mass is 19.1. The Bertz CT molecular complexity index is 1110. The second kappa shape index (κ2) is 10.6. The average Bonchev–Trinajstić information content (AvgIpc) is 3.46. The van der Waals surface area contributed by atoms with Gasteiger partial charge in [0.15, 0.2) is 11.9 Å². The molecule has 2 aliphatic heterocycles. The molecule has 1 N–H and O–H groups in total. The van der Waals surface area contributed by atoms with Crippen LogP contribution in [0.3, 0.4) is 0 Å². The van der Waals surface area contributed by atoms with Gasteiger partial charge in [-0.2, -0.15) is 0 Å². The maximum atomic E-state index is 15.0. The molecule has 4 rings (SSSR count). The Morgan fingerprint density at radius 1 is 1.31 bits per heavy atom. The molecule has 2 aromatic rings. The van der Waals surface area contributed by atoms with E-state index >= 15 is 8.78 Å². The van der Waals surface area contributed by atoms with Gasteiger partial charge in [0.25, 0.3) is 5.88 Å². The zero-order valence-corrected chi connectivity index (χ0v) is 19.9. The maximum absolute atomic E-state index is 15.0. The summed E-state index contributed by atoms with van der Waals surface area (Å²) in [5.74, 6) is -2.90. The van der Waals surface area contributed by atoms with E-state index in [1.54, 1.807) is 11.0 Å². The molecule has 0 saturated carbocycles. The second-order valence-corrected chi connectivity index (χ2v) is 8.91. The Hall–Kier alpha value is -3.51. The minimum atomic E-state index is -1.32. The highest BCUT2D eigenvalue weighted by Crippen LogP contribution is 2.32.